The summed E-state index contributed by atoms with van der Waals surface area (Å²) in [4.78, 5) is 14.3. The van der Waals surface area contributed by atoms with E-state index in [1.165, 1.54) is 12.8 Å². The number of hydrogen-bond acceptors (Lipinski definition) is 10. The lowest BCUT2D eigenvalue weighted by Crippen LogP contribution is -2.44. The van der Waals surface area contributed by atoms with Gasteiger partial charge in [-0.1, -0.05) is 0 Å². The van der Waals surface area contributed by atoms with Gasteiger partial charge in [0.05, 0.1) is 13.2 Å². The molecule has 2 aliphatic rings. The molecule has 10 heteroatoms. The number of methoxy groups -OCH3 is 1. The highest BCUT2D eigenvalue weighted by atomic mass is 16.6. The van der Waals surface area contributed by atoms with Crippen LogP contribution in [-0.2, 0) is 9.47 Å². The van der Waals surface area contributed by atoms with Crippen LogP contribution >= 0.6 is 0 Å². The quantitative estimate of drug-likeness (QED) is 0.618. The van der Waals surface area contributed by atoms with Crippen LogP contribution in [0.1, 0.15) is 32.1 Å². The second-order valence-electron chi connectivity index (χ2n) is 7.67. The number of nitrogens with zero attached hydrogens (tertiary/aromatic N) is 6. The zero-order valence-corrected chi connectivity index (χ0v) is 17.2. The number of rotatable bonds is 9. The molecule has 0 spiro atoms. The third-order valence-corrected chi connectivity index (χ3v) is 5.70. The van der Waals surface area contributed by atoms with Crippen LogP contribution in [0.3, 0.4) is 0 Å². The van der Waals surface area contributed by atoms with E-state index in [-0.39, 0.29) is 0 Å². The van der Waals surface area contributed by atoms with Gasteiger partial charge in [-0.05, 0) is 42.4 Å². The molecule has 160 valence electrons. The molecule has 0 radical (unpaired) electrons. The molecule has 2 aromatic heterocycles. The van der Waals surface area contributed by atoms with E-state index in [1.54, 1.807) is 7.11 Å². The number of piperidine rings is 1. The van der Waals surface area contributed by atoms with Crippen molar-refractivity contribution in [3.05, 3.63) is 0 Å². The monoisotopic (exact) mass is 405 g/mol. The predicted octanol–water partition coefficient (Wildman–Crippen LogP) is 1.54. The topological polar surface area (TPSA) is 102 Å². The summed E-state index contributed by atoms with van der Waals surface area (Å²) in [6.07, 6.45) is 5.59. The zero-order chi connectivity index (χ0) is 19.9. The van der Waals surface area contributed by atoms with Crippen LogP contribution in [0, 0.1) is 0 Å². The highest BCUT2D eigenvalue weighted by Crippen LogP contribution is 2.31. The molecule has 2 aromatic rings. The number of fused-ring (bicyclic) bond motifs is 1. The van der Waals surface area contributed by atoms with Crippen LogP contribution < -0.4 is 10.2 Å². The second kappa shape index (κ2) is 10.1. The minimum absolute atomic E-state index is 0.435. The summed E-state index contributed by atoms with van der Waals surface area (Å²) in [5, 5.41) is 11.2. The van der Waals surface area contributed by atoms with Gasteiger partial charge in [-0.15, -0.1) is 0 Å². The van der Waals surface area contributed by atoms with Gasteiger partial charge in [0.2, 0.25) is 11.3 Å². The van der Waals surface area contributed by atoms with Crippen molar-refractivity contribution in [2.24, 2.45) is 0 Å². The predicted molar refractivity (Wildman–Crippen MR) is 109 cm³/mol. The van der Waals surface area contributed by atoms with Crippen LogP contribution in [-0.4, -0.2) is 90.9 Å². The summed E-state index contributed by atoms with van der Waals surface area (Å²) in [5.41, 5.74) is 0.893. The summed E-state index contributed by atoms with van der Waals surface area (Å²) >= 11 is 0. The molecule has 4 heterocycles. The van der Waals surface area contributed by atoms with E-state index in [0.717, 1.165) is 76.8 Å². The molecule has 0 aliphatic carbocycles. The summed E-state index contributed by atoms with van der Waals surface area (Å²) in [5.74, 6) is 1.61. The summed E-state index contributed by atoms with van der Waals surface area (Å²) < 4.78 is 15.5. The summed E-state index contributed by atoms with van der Waals surface area (Å²) in [7, 11) is 1.71. The molecule has 1 atom stereocenters. The number of ether oxygens (including phenoxy) is 2. The molecular weight excluding hydrogens is 374 g/mol. The lowest BCUT2D eigenvalue weighted by molar-refractivity contribution is 0.0362. The van der Waals surface area contributed by atoms with Gasteiger partial charge in [-0.3, -0.25) is 4.90 Å². The standard InChI is InChI=1S/C19H31N7O3/c1-27-12-4-7-20-18-19(22-17-16(21-18)23-29-24-17)26-8-3-2-5-15(26)6-9-25-10-13-28-14-11-25/h15H,2-14H2,1H3,(H,20,21,23)/t15-/m0/s1. The molecule has 10 nitrogen and oxygen atoms in total. The Morgan fingerprint density at radius 3 is 2.76 bits per heavy atom. The largest absolute Gasteiger partial charge is 0.385 e. The maximum atomic E-state index is 5.48. The van der Waals surface area contributed by atoms with Gasteiger partial charge in [-0.25, -0.2) is 14.6 Å². The average molecular weight is 406 g/mol. The SMILES string of the molecule is COCCCNc1nc2nonc2nc1N1CCCC[C@H]1CCN1CCOCC1. The summed E-state index contributed by atoms with van der Waals surface area (Å²) in [6, 6.07) is 0.442. The molecule has 29 heavy (non-hydrogen) atoms. The molecule has 2 fully saturated rings. The van der Waals surface area contributed by atoms with Gasteiger partial charge in [0.1, 0.15) is 0 Å². The van der Waals surface area contributed by atoms with E-state index < -0.39 is 0 Å². The highest BCUT2D eigenvalue weighted by Gasteiger charge is 2.28. The summed E-state index contributed by atoms with van der Waals surface area (Å²) in [6.45, 7) is 7.25. The molecule has 0 unspecified atom stereocenters. The van der Waals surface area contributed by atoms with E-state index in [2.05, 4.69) is 30.4 Å². The van der Waals surface area contributed by atoms with Gasteiger partial charge in [0, 0.05) is 52.5 Å². The lowest BCUT2D eigenvalue weighted by Gasteiger charge is -2.38. The Kier molecular flexibility index (Phi) is 7.07. The van der Waals surface area contributed by atoms with E-state index in [1.807, 2.05) is 0 Å². The fraction of sp³-hybridized carbons (Fsp3) is 0.789. The molecule has 0 amide bonds. The molecule has 2 aliphatic heterocycles. The fourth-order valence-electron chi connectivity index (χ4n) is 4.11. The van der Waals surface area contributed by atoms with Crippen LogP contribution in [0.5, 0.6) is 0 Å². The minimum atomic E-state index is 0.435. The highest BCUT2D eigenvalue weighted by molar-refractivity contribution is 5.74. The Hall–Kier alpha value is -2.04. The third kappa shape index (κ3) is 5.12. The molecule has 0 saturated carbocycles. The normalized spacial score (nSPS) is 21.0. The Morgan fingerprint density at radius 1 is 1.10 bits per heavy atom. The first-order valence-electron chi connectivity index (χ1n) is 10.6. The van der Waals surface area contributed by atoms with Gasteiger partial charge in [0.25, 0.3) is 0 Å². The van der Waals surface area contributed by atoms with Crippen LogP contribution in [0.4, 0.5) is 11.6 Å². The van der Waals surface area contributed by atoms with E-state index in [9.17, 15) is 0 Å². The van der Waals surface area contributed by atoms with Crippen molar-refractivity contribution >= 4 is 22.9 Å². The number of anilines is 2. The molecule has 0 aromatic carbocycles. The Bertz CT molecular complexity index is 765. The van der Waals surface area contributed by atoms with E-state index in [4.69, 9.17) is 19.1 Å². The lowest BCUT2D eigenvalue weighted by atomic mass is 9.99. The maximum Gasteiger partial charge on any atom is 0.245 e. The number of morpholine rings is 1. The molecule has 2 saturated heterocycles. The van der Waals surface area contributed by atoms with Gasteiger partial charge >= 0.3 is 0 Å². The van der Waals surface area contributed by atoms with Crippen molar-refractivity contribution < 1.29 is 14.1 Å². The van der Waals surface area contributed by atoms with Crippen molar-refractivity contribution in [3.8, 4) is 0 Å². The first-order chi connectivity index (χ1) is 14.3. The Balaban J connectivity index is 1.50. The van der Waals surface area contributed by atoms with Gasteiger partial charge < -0.3 is 19.7 Å². The third-order valence-electron chi connectivity index (χ3n) is 5.70. The Labute approximate surface area is 170 Å². The molecule has 1 N–H and O–H groups in total. The molecular formula is C19H31N7O3. The van der Waals surface area contributed by atoms with Gasteiger partial charge in [-0.2, -0.15) is 0 Å². The number of nitrogens with one attached hydrogen (secondary N) is 1. The van der Waals surface area contributed by atoms with Crippen molar-refractivity contribution in [2.45, 2.75) is 38.1 Å². The van der Waals surface area contributed by atoms with Crippen molar-refractivity contribution in [1.29, 1.82) is 0 Å². The van der Waals surface area contributed by atoms with Crippen LogP contribution in [0.15, 0.2) is 4.63 Å². The fourth-order valence-corrected chi connectivity index (χ4v) is 4.11. The van der Waals surface area contributed by atoms with Crippen LogP contribution in [0.2, 0.25) is 0 Å². The second-order valence-corrected chi connectivity index (χ2v) is 7.67. The van der Waals surface area contributed by atoms with Crippen molar-refractivity contribution in [1.82, 2.24) is 25.2 Å². The molecule has 4 rings (SSSR count). The van der Waals surface area contributed by atoms with E-state index >= 15 is 0 Å². The first-order valence-corrected chi connectivity index (χ1v) is 10.6. The Morgan fingerprint density at radius 2 is 1.93 bits per heavy atom. The van der Waals surface area contributed by atoms with Crippen LogP contribution in [0.25, 0.3) is 11.3 Å². The smallest absolute Gasteiger partial charge is 0.245 e. The van der Waals surface area contributed by atoms with Gasteiger partial charge in [0.15, 0.2) is 11.6 Å². The number of hydrogen-bond donors (Lipinski definition) is 1. The zero-order valence-electron chi connectivity index (χ0n) is 17.2. The first kappa shape index (κ1) is 20.2. The number of aromatic nitrogens is 4. The van der Waals surface area contributed by atoms with Crippen molar-refractivity contribution in [2.75, 3.05) is 69.9 Å². The maximum absolute atomic E-state index is 5.48. The van der Waals surface area contributed by atoms with Crippen molar-refractivity contribution in [3.63, 3.8) is 0 Å². The minimum Gasteiger partial charge on any atom is -0.385 e. The molecule has 0 bridgehead atoms. The van der Waals surface area contributed by atoms with E-state index in [0.29, 0.717) is 23.9 Å². The average Bonchev–Trinajstić information content (AvgIpc) is 3.23.